The number of hydrogen-bond acceptors (Lipinski definition) is 3. The maximum atomic E-state index is 12.0. The number of sulfonamides is 1. The summed E-state index contributed by atoms with van der Waals surface area (Å²) in [5.74, 6) is 0.518. The molecule has 1 aromatic rings. The van der Waals surface area contributed by atoms with E-state index in [1.807, 2.05) is 30.3 Å². The van der Waals surface area contributed by atoms with Gasteiger partial charge < -0.3 is 5.11 Å². The van der Waals surface area contributed by atoms with Crippen LogP contribution in [0, 0.1) is 5.92 Å². The van der Waals surface area contributed by atoms with Gasteiger partial charge >= 0.3 is 0 Å². The minimum atomic E-state index is -3.27. The normalized spacial score (nSPS) is 17.3. The van der Waals surface area contributed by atoms with Gasteiger partial charge in [-0.1, -0.05) is 30.3 Å². The van der Waals surface area contributed by atoms with E-state index < -0.39 is 10.0 Å². The smallest absolute Gasteiger partial charge is 0.212 e. The molecular weight excluding hydrogens is 262 g/mol. The highest BCUT2D eigenvalue weighted by Crippen LogP contribution is 2.34. The third kappa shape index (κ3) is 4.93. The van der Waals surface area contributed by atoms with Crippen LogP contribution in [0.1, 0.15) is 24.8 Å². The van der Waals surface area contributed by atoms with Crippen molar-refractivity contribution in [2.24, 2.45) is 5.92 Å². The molecule has 2 N–H and O–H groups in total. The van der Waals surface area contributed by atoms with Crippen molar-refractivity contribution in [3.05, 3.63) is 35.9 Å². The van der Waals surface area contributed by atoms with E-state index in [0.29, 0.717) is 18.8 Å². The Labute approximate surface area is 114 Å². The molecule has 1 saturated carbocycles. The van der Waals surface area contributed by atoms with Crippen LogP contribution in [0.25, 0.3) is 0 Å². The molecule has 0 spiro atoms. The van der Waals surface area contributed by atoms with Gasteiger partial charge in [0.05, 0.1) is 5.75 Å². The summed E-state index contributed by atoms with van der Waals surface area (Å²) in [6.45, 7) is 0.0301. The molecule has 4 nitrogen and oxygen atoms in total. The van der Waals surface area contributed by atoms with Crippen molar-refractivity contribution in [1.82, 2.24) is 4.72 Å². The highest BCUT2D eigenvalue weighted by Gasteiger charge is 2.33. The first-order valence-electron chi connectivity index (χ1n) is 6.75. The summed E-state index contributed by atoms with van der Waals surface area (Å²) in [7, 11) is -3.27. The molecule has 5 heteroatoms. The Bertz CT molecular complexity index is 483. The quantitative estimate of drug-likeness (QED) is 0.756. The summed E-state index contributed by atoms with van der Waals surface area (Å²) in [6, 6.07) is 9.51. The number of benzene rings is 1. The second-order valence-corrected chi connectivity index (χ2v) is 7.00. The Hall–Kier alpha value is -0.910. The van der Waals surface area contributed by atoms with Gasteiger partial charge in [-0.3, -0.25) is 0 Å². The SMILES string of the molecule is O=S(=O)(CCc1ccccc1)NC(CCO)C1CC1. The molecule has 0 amide bonds. The van der Waals surface area contributed by atoms with Crippen molar-refractivity contribution in [2.45, 2.75) is 31.7 Å². The topological polar surface area (TPSA) is 66.4 Å². The molecule has 2 rings (SSSR count). The van der Waals surface area contributed by atoms with E-state index in [4.69, 9.17) is 5.11 Å². The predicted molar refractivity (Wildman–Crippen MR) is 75.3 cm³/mol. The summed E-state index contributed by atoms with van der Waals surface area (Å²) in [5, 5.41) is 8.98. The van der Waals surface area contributed by atoms with Gasteiger partial charge in [-0.05, 0) is 37.2 Å². The molecule has 106 valence electrons. The van der Waals surface area contributed by atoms with E-state index in [-0.39, 0.29) is 18.4 Å². The molecule has 1 unspecified atom stereocenters. The lowest BCUT2D eigenvalue weighted by molar-refractivity contribution is 0.265. The van der Waals surface area contributed by atoms with Crippen molar-refractivity contribution in [2.75, 3.05) is 12.4 Å². The van der Waals surface area contributed by atoms with Crippen LogP contribution >= 0.6 is 0 Å². The van der Waals surface area contributed by atoms with Crippen LogP contribution in [0.2, 0.25) is 0 Å². The number of hydrogen-bond donors (Lipinski definition) is 2. The average molecular weight is 283 g/mol. The first-order chi connectivity index (χ1) is 9.11. The van der Waals surface area contributed by atoms with E-state index in [2.05, 4.69) is 4.72 Å². The third-order valence-corrected chi connectivity index (χ3v) is 4.87. The van der Waals surface area contributed by atoms with Crippen LogP contribution in [-0.4, -0.2) is 31.9 Å². The van der Waals surface area contributed by atoms with Crippen LogP contribution < -0.4 is 4.72 Å². The Morgan fingerprint density at radius 1 is 1.26 bits per heavy atom. The summed E-state index contributed by atoms with van der Waals surface area (Å²) in [6.07, 6.45) is 3.15. The molecule has 0 saturated heterocycles. The van der Waals surface area contributed by atoms with E-state index in [1.54, 1.807) is 0 Å². The number of nitrogens with one attached hydrogen (secondary N) is 1. The Morgan fingerprint density at radius 3 is 2.53 bits per heavy atom. The molecule has 1 aliphatic rings. The second-order valence-electron chi connectivity index (χ2n) is 5.13. The van der Waals surface area contributed by atoms with Crippen LogP contribution in [0.15, 0.2) is 30.3 Å². The maximum Gasteiger partial charge on any atom is 0.212 e. The lowest BCUT2D eigenvalue weighted by atomic mass is 10.1. The van der Waals surface area contributed by atoms with E-state index in [1.165, 1.54) is 0 Å². The number of aryl methyl sites for hydroxylation is 1. The van der Waals surface area contributed by atoms with Crippen LogP contribution in [0.3, 0.4) is 0 Å². The van der Waals surface area contributed by atoms with Crippen molar-refractivity contribution in [3.63, 3.8) is 0 Å². The zero-order valence-corrected chi connectivity index (χ0v) is 11.8. The predicted octanol–water partition coefficient (Wildman–Crippen LogP) is 1.31. The lowest BCUT2D eigenvalue weighted by Gasteiger charge is -2.17. The molecule has 0 aliphatic heterocycles. The summed E-state index contributed by atoms with van der Waals surface area (Å²) < 4.78 is 26.8. The summed E-state index contributed by atoms with van der Waals surface area (Å²) in [5.41, 5.74) is 1.03. The van der Waals surface area contributed by atoms with Crippen LogP contribution in [0.5, 0.6) is 0 Å². The highest BCUT2D eigenvalue weighted by atomic mass is 32.2. The first-order valence-corrected chi connectivity index (χ1v) is 8.41. The average Bonchev–Trinajstić information content (AvgIpc) is 3.21. The second kappa shape index (κ2) is 6.50. The number of aliphatic hydroxyl groups excluding tert-OH is 1. The van der Waals surface area contributed by atoms with Gasteiger partial charge in [-0.2, -0.15) is 0 Å². The van der Waals surface area contributed by atoms with Crippen molar-refractivity contribution in [1.29, 1.82) is 0 Å². The lowest BCUT2D eigenvalue weighted by Crippen LogP contribution is -2.38. The van der Waals surface area contributed by atoms with Gasteiger partial charge in [-0.25, -0.2) is 13.1 Å². The van der Waals surface area contributed by atoms with Gasteiger partial charge in [0, 0.05) is 12.6 Å². The first kappa shape index (κ1) is 14.5. The zero-order chi connectivity index (χ0) is 13.7. The molecule has 0 bridgehead atoms. The highest BCUT2D eigenvalue weighted by molar-refractivity contribution is 7.89. The largest absolute Gasteiger partial charge is 0.396 e. The van der Waals surface area contributed by atoms with E-state index >= 15 is 0 Å². The maximum absolute atomic E-state index is 12.0. The minimum absolute atomic E-state index is 0.0301. The molecule has 1 aliphatic carbocycles. The number of rotatable bonds is 8. The van der Waals surface area contributed by atoms with Gasteiger partial charge in [0.15, 0.2) is 0 Å². The number of aliphatic hydroxyl groups is 1. The minimum Gasteiger partial charge on any atom is -0.396 e. The van der Waals surface area contributed by atoms with Gasteiger partial charge in [0.25, 0.3) is 0 Å². The molecule has 0 aromatic heterocycles. The molecule has 19 heavy (non-hydrogen) atoms. The van der Waals surface area contributed by atoms with Crippen molar-refractivity contribution >= 4 is 10.0 Å². The Morgan fingerprint density at radius 2 is 1.95 bits per heavy atom. The van der Waals surface area contributed by atoms with Crippen LogP contribution in [-0.2, 0) is 16.4 Å². The summed E-state index contributed by atoms with van der Waals surface area (Å²) in [4.78, 5) is 0. The zero-order valence-electron chi connectivity index (χ0n) is 11.0. The van der Waals surface area contributed by atoms with Crippen molar-refractivity contribution in [3.8, 4) is 0 Å². The molecule has 1 fully saturated rings. The van der Waals surface area contributed by atoms with Crippen molar-refractivity contribution < 1.29 is 13.5 Å². The van der Waals surface area contributed by atoms with Gasteiger partial charge in [0.1, 0.15) is 0 Å². The molecule has 1 aromatic carbocycles. The Kier molecular flexibility index (Phi) is 4.96. The van der Waals surface area contributed by atoms with Gasteiger partial charge in [0.2, 0.25) is 10.0 Å². The monoisotopic (exact) mass is 283 g/mol. The van der Waals surface area contributed by atoms with Gasteiger partial charge in [-0.15, -0.1) is 0 Å². The Balaban J connectivity index is 1.87. The van der Waals surface area contributed by atoms with Crippen LogP contribution in [0.4, 0.5) is 0 Å². The fourth-order valence-electron chi connectivity index (χ4n) is 2.21. The fraction of sp³-hybridized carbons (Fsp3) is 0.571. The standard InChI is InChI=1S/C14H21NO3S/c16-10-8-14(13-6-7-13)15-19(17,18)11-9-12-4-2-1-3-5-12/h1-5,13-16H,6-11H2. The van der Waals surface area contributed by atoms with E-state index in [9.17, 15) is 8.42 Å². The molecule has 1 atom stereocenters. The molecular formula is C14H21NO3S. The summed E-state index contributed by atoms with van der Waals surface area (Å²) >= 11 is 0. The third-order valence-electron chi connectivity index (χ3n) is 3.46. The fourth-order valence-corrected chi connectivity index (χ4v) is 3.61. The molecule has 0 heterocycles. The molecule has 0 radical (unpaired) electrons. The van der Waals surface area contributed by atoms with E-state index in [0.717, 1.165) is 18.4 Å².